The number of nitrogens with zero attached hydrogens (tertiary/aromatic N) is 1. The first kappa shape index (κ1) is 29.1. The van der Waals surface area contributed by atoms with Gasteiger partial charge in [-0.05, 0) is 58.7 Å². The molecule has 1 atom stereocenters. The summed E-state index contributed by atoms with van der Waals surface area (Å²) in [6.45, 7) is 1.86. The zero-order valence-corrected chi connectivity index (χ0v) is 21.2. The molecular weight excluding hydrogens is 506 g/mol. The van der Waals surface area contributed by atoms with E-state index in [9.17, 15) is 27.5 Å². The molecule has 0 spiro atoms. The SMILES string of the molecule is CCN(Cc1cc(C(F)(F)F)ccc1-c1cc(CC(=O)OC)ccc1OC)C(O)OCc1ccc(F)cc1. The number of carbonyl (C=O) groups excluding carboxylic acids is 1. The highest BCUT2D eigenvalue weighted by atomic mass is 19.4. The van der Waals surface area contributed by atoms with Crippen LogP contribution in [0, 0.1) is 5.82 Å². The zero-order valence-electron chi connectivity index (χ0n) is 21.2. The van der Waals surface area contributed by atoms with Gasteiger partial charge in [0.05, 0.1) is 32.8 Å². The molecule has 204 valence electrons. The van der Waals surface area contributed by atoms with Gasteiger partial charge < -0.3 is 19.3 Å². The number of aliphatic hydroxyl groups is 1. The van der Waals surface area contributed by atoms with Crippen molar-refractivity contribution in [1.82, 2.24) is 4.90 Å². The van der Waals surface area contributed by atoms with Crippen LogP contribution in [0.3, 0.4) is 0 Å². The molecule has 3 aromatic carbocycles. The number of hydrogen-bond acceptors (Lipinski definition) is 6. The molecule has 6 nitrogen and oxygen atoms in total. The fourth-order valence-electron chi connectivity index (χ4n) is 3.90. The largest absolute Gasteiger partial charge is 0.496 e. The van der Waals surface area contributed by atoms with Crippen LogP contribution in [0.15, 0.2) is 60.7 Å². The van der Waals surface area contributed by atoms with Crippen molar-refractivity contribution < 1.29 is 41.7 Å². The van der Waals surface area contributed by atoms with Crippen LogP contribution >= 0.6 is 0 Å². The van der Waals surface area contributed by atoms with E-state index in [2.05, 4.69) is 0 Å². The highest BCUT2D eigenvalue weighted by Crippen LogP contribution is 2.38. The molecule has 38 heavy (non-hydrogen) atoms. The van der Waals surface area contributed by atoms with Crippen molar-refractivity contribution in [1.29, 1.82) is 0 Å². The minimum absolute atomic E-state index is 0.0273. The van der Waals surface area contributed by atoms with E-state index in [0.717, 1.165) is 12.1 Å². The maximum atomic E-state index is 13.6. The summed E-state index contributed by atoms with van der Waals surface area (Å²) in [6.07, 6.45) is -6.06. The van der Waals surface area contributed by atoms with Crippen molar-refractivity contribution in [3.05, 3.63) is 88.7 Å². The lowest BCUT2D eigenvalue weighted by Gasteiger charge is -2.28. The molecule has 1 N–H and O–H groups in total. The highest BCUT2D eigenvalue weighted by molar-refractivity contribution is 5.77. The number of ether oxygens (including phenoxy) is 3. The van der Waals surface area contributed by atoms with Crippen LogP contribution in [-0.2, 0) is 40.0 Å². The predicted octanol–water partition coefficient (Wildman–Crippen LogP) is 5.55. The fraction of sp³-hybridized carbons (Fsp3) is 0.321. The number of methoxy groups -OCH3 is 2. The Morgan fingerprint density at radius 3 is 2.26 bits per heavy atom. The summed E-state index contributed by atoms with van der Waals surface area (Å²) in [6, 6.07) is 13.9. The molecule has 0 fully saturated rings. The molecule has 1 unspecified atom stereocenters. The summed E-state index contributed by atoms with van der Waals surface area (Å²) in [5.74, 6) is -0.476. The first-order valence-electron chi connectivity index (χ1n) is 11.8. The second kappa shape index (κ2) is 12.9. The molecule has 0 heterocycles. The Morgan fingerprint density at radius 1 is 0.974 bits per heavy atom. The van der Waals surface area contributed by atoms with Crippen molar-refractivity contribution in [2.24, 2.45) is 0 Å². The number of esters is 1. The van der Waals surface area contributed by atoms with Crippen LogP contribution in [0.25, 0.3) is 11.1 Å². The summed E-state index contributed by atoms with van der Waals surface area (Å²) in [4.78, 5) is 13.3. The van der Waals surface area contributed by atoms with E-state index in [0.29, 0.717) is 28.0 Å². The van der Waals surface area contributed by atoms with Gasteiger partial charge in [-0.2, -0.15) is 13.2 Å². The number of hydrogen-bond donors (Lipinski definition) is 1. The van der Waals surface area contributed by atoms with Gasteiger partial charge in [0, 0.05) is 18.7 Å². The molecule has 0 radical (unpaired) electrons. The maximum Gasteiger partial charge on any atom is 0.416 e. The van der Waals surface area contributed by atoms with Gasteiger partial charge in [-0.15, -0.1) is 0 Å². The van der Waals surface area contributed by atoms with Crippen molar-refractivity contribution in [2.45, 2.75) is 39.1 Å². The number of alkyl halides is 3. The van der Waals surface area contributed by atoms with Gasteiger partial charge in [0.15, 0.2) is 0 Å². The van der Waals surface area contributed by atoms with E-state index in [4.69, 9.17) is 14.2 Å². The molecule has 0 bridgehead atoms. The summed E-state index contributed by atoms with van der Waals surface area (Å²) in [7, 11) is 2.71. The predicted molar refractivity (Wildman–Crippen MR) is 132 cm³/mol. The molecule has 3 rings (SSSR count). The van der Waals surface area contributed by atoms with Crippen LogP contribution in [0.5, 0.6) is 5.75 Å². The fourth-order valence-corrected chi connectivity index (χ4v) is 3.90. The third-order valence-electron chi connectivity index (χ3n) is 5.97. The molecule has 3 aromatic rings. The third kappa shape index (κ3) is 7.53. The Hall–Kier alpha value is -3.47. The summed E-state index contributed by atoms with van der Waals surface area (Å²) < 4.78 is 69.7. The van der Waals surface area contributed by atoms with E-state index in [-0.39, 0.29) is 31.7 Å². The molecule has 10 heteroatoms. The lowest BCUT2D eigenvalue weighted by Crippen LogP contribution is -2.36. The summed E-state index contributed by atoms with van der Waals surface area (Å²) in [5.41, 5.74) is 1.54. The number of halogens is 4. The first-order valence-corrected chi connectivity index (χ1v) is 11.8. The van der Waals surface area contributed by atoms with Gasteiger partial charge in [0.1, 0.15) is 11.6 Å². The molecule has 0 saturated carbocycles. The topological polar surface area (TPSA) is 68.2 Å². The Morgan fingerprint density at radius 2 is 1.66 bits per heavy atom. The monoisotopic (exact) mass is 535 g/mol. The average Bonchev–Trinajstić information content (AvgIpc) is 2.90. The Bertz CT molecular complexity index is 1230. The third-order valence-corrected chi connectivity index (χ3v) is 5.97. The average molecular weight is 536 g/mol. The minimum atomic E-state index is -4.58. The van der Waals surface area contributed by atoms with Crippen LogP contribution in [0.2, 0.25) is 0 Å². The number of benzene rings is 3. The Labute approximate surface area is 218 Å². The molecule has 0 aliphatic heterocycles. The molecular formula is C28H29F4NO5. The van der Waals surface area contributed by atoms with Crippen LogP contribution < -0.4 is 4.74 Å². The van der Waals surface area contributed by atoms with E-state index >= 15 is 0 Å². The summed E-state index contributed by atoms with van der Waals surface area (Å²) in [5, 5.41) is 10.7. The standard InChI is InChI=1S/C28H29F4NO5/c1-4-33(27(35)38-17-18-5-9-22(29)10-6-18)16-20-15-21(28(30,31)32)8-11-23(20)24-13-19(14-26(34)37-3)7-12-25(24)36-2/h5-13,15,27,35H,4,14,16-17H2,1-3H3. The lowest BCUT2D eigenvalue weighted by atomic mass is 9.94. The van der Waals surface area contributed by atoms with E-state index in [1.54, 1.807) is 25.1 Å². The van der Waals surface area contributed by atoms with Crippen LogP contribution in [-0.4, -0.2) is 43.2 Å². The number of aliphatic hydroxyl groups excluding tert-OH is 1. The molecule has 0 aliphatic carbocycles. The van der Waals surface area contributed by atoms with Crippen molar-refractivity contribution in [3.8, 4) is 16.9 Å². The van der Waals surface area contributed by atoms with Gasteiger partial charge >= 0.3 is 12.1 Å². The smallest absolute Gasteiger partial charge is 0.416 e. The molecule has 0 saturated heterocycles. The van der Waals surface area contributed by atoms with Gasteiger partial charge in [-0.3, -0.25) is 9.69 Å². The van der Waals surface area contributed by atoms with E-state index < -0.39 is 29.9 Å². The van der Waals surface area contributed by atoms with Gasteiger partial charge in [-0.25, -0.2) is 4.39 Å². The Balaban J connectivity index is 1.96. The van der Waals surface area contributed by atoms with Crippen molar-refractivity contribution in [2.75, 3.05) is 20.8 Å². The second-order valence-electron chi connectivity index (χ2n) is 8.48. The maximum absolute atomic E-state index is 13.6. The minimum Gasteiger partial charge on any atom is -0.496 e. The molecule has 0 aliphatic rings. The number of carbonyl (C=O) groups is 1. The zero-order chi connectivity index (χ0) is 27.9. The quantitative estimate of drug-likeness (QED) is 0.197. The van der Waals surface area contributed by atoms with Gasteiger partial charge in [-0.1, -0.05) is 31.2 Å². The molecule has 0 aromatic heterocycles. The second-order valence-corrected chi connectivity index (χ2v) is 8.48. The van der Waals surface area contributed by atoms with Gasteiger partial charge in [0.2, 0.25) is 6.41 Å². The van der Waals surface area contributed by atoms with Crippen LogP contribution in [0.1, 0.15) is 29.2 Å². The van der Waals surface area contributed by atoms with Crippen molar-refractivity contribution in [3.63, 3.8) is 0 Å². The molecule has 0 amide bonds. The van der Waals surface area contributed by atoms with Gasteiger partial charge in [0.25, 0.3) is 0 Å². The first-order chi connectivity index (χ1) is 18.0. The normalized spacial score (nSPS) is 12.4. The van der Waals surface area contributed by atoms with Crippen LogP contribution in [0.4, 0.5) is 17.6 Å². The van der Waals surface area contributed by atoms with E-state index in [1.165, 1.54) is 49.5 Å². The Kier molecular flexibility index (Phi) is 9.84. The number of rotatable bonds is 11. The highest BCUT2D eigenvalue weighted by Gasteiger charge is 2.32. The summed E-state index contributed by atoms with van der Waals surface area (Å²) >= 11 is 0. The lowest BCUT2D eigenvalue weighted by molar-refractivity contribution is -0.202. The van der Waals surface area contributed by atoms with E-state index in [1.807, 2.05) is 0 Å². The van der Waals surface area contributed by atoms with Crippen molar-refractivity contribution >= 4 is 5.97 Å².